The zero-order chi connectivity index (χ0) is 13.5. The number of nitrogens with zero attached hydrogens (tertiary/aromatic N) is 1. The summed E-state index contributed by atoms with van der Waals surface area (Å²) >= 11 is 0. The number of hydrogen-bond acceptors (Lipinski definition) is 2. The normalized spacial score (nSPS) is 13.0. The second kappa shape index (κ2) is 7.44. The monoisotopic (exact) mass is 256 g/mol. The fourth-order valence-corrected chi connectivity index (χ4v) is 2.24. The van der Waals surface area contributed by atoms with Crippen molar-refractivity contribution in [2.24, 2.45) is 5.73 Å². The highest BCUT2D eigenvalue weighted by atomic mass is 19.1. The maximum absolute atomic E-state index is 13.8. The van der Waals surface area contributed by atoms with Crippen LogP contribution >= 0.6 is 0 Å². The van der Waals surface area contributed by atoms with Crippen molar-refractivity contribution in [3.8, 4) is 0 Å². The Morgan fingerprint density at radius 1 is 1.17 bits per heavy atom. The molecule has 1 atom stereocenters. The van der Waals surface area contributed by atoms with E-state index in [0.717, 1.165) is 32.0 Å². The van der Waals surface area contributed by atoms with Gasteiger partial charge in [0.05, 0.1) is 0 Å². The fourth-order valence-electron chi connectivity index (χ4n) is 2.24. The highest BCUT2D eigenvalue weighted by Gasteiger charge is 2.21. The molecular formula is C14H22F2N2. The summed E-state index contributed by atoms with van der Waals surface area (Å²) in [5, 5.41) is 0. The van der Waals surface area contributed by atoms with E-state index in [4.69, 9.17) is 5.73 Å². The van der Waals surface area contributed by atoms with Gasteiger partial charge in [0.1, 0.15) is 11.6 Å². The van der Waals surface area contributed by atoms with Gasteiger partial charge in [-0.2, -0.15) is 0 Å². The number of benzene rings is 1. The van der Waals surface area contributed by atoms with Gasteiger partial charge in [-0.05, 0) is 44.1 Å². The minimum absolute atomic E-state index is 0.249. The van der Waals surface area contributed by atoms with E-state index in [1.165, 1.54) is 12.1 Å². The molecule has 0 heterocycles. The van der Waals surface area contributed by atoms with Crippen LogP contribution in [0.25, 0.3) is 0 Å². The fraction of sp³-hybridized carbons (Fsp3) is 0.571. The first kappa shape index (κ1) is 15.1. The SMILES string of the molecule is CCCN(CCC)C(CN)c1cc(F)ccc1F. The first-order valence-corrected chi connectivity index (χ1v) is 6.53. The molecule has 102 valence electrons. The average Bonchev–Trinajstić information content (AvgIpc) is 2.35. The Morgan fingerprint density at radius 3 is 2.28 bits per heavy atom. The zero-order valence-electron chi connectivity index (χ0n) is 11.1. The van der Waals surface area contributed by atoms with E-state index in [9.17, 15) is 8.78 Å². The minimum atomic E-state index is -0.419. The van der Waals surface area contributed by atoms with Crippen molar-refractivity contribution in [3.63, 3.8) is 0 Å². The molecule has 1 aromatic rings. The summed E-state index contributed by atoms with van der Waals surface area (Å²) in [4.78, 5) is 2.12. The lowest BCUT2D eigenvalue weighted by Gasteiger charge is -2.31. The summed E-state index contributed by atoms with van der Waals surface area (Å²) in [7, 11) is 0. The molecule has 0 radical (unpaired) electrons. The third kappa shape index (κ3) is 3.75. The van der Waals surface area contributed by atoms with Gasteiger partial charge < -0.3 is 5.73 Å². The van der Waals surface area contributed by atoms with Crippen molar-refractivity contribution in [1.29, 1.82) is 0 Å². The molecular weight excluding hydrogens is 234 g/mol. The van der Waals surface area contributed by atoms with Gasteiger partial charge in [0, 0.05) is 18.2 Å². The maximum atomic E-state index is 13.8. The minimum Gasteiger partial charge on any atom is -0.329 e. The number of nitrogens with two attached hydrogens (primary N) is 1. The predicted octanol–water partition coefficient (Wildman–Crippen LogP) is 3.09. The molecule has 1 aromatic carbocycles. The van der Waals surface area contributed by atoms with Crippen molar-refractivity contribution >= 4 is 0 Å². The Hall–Kier alpha value is -1.00. The molecule has 0 aliphatic rings. The number of halogens is 2. The largest absolute Gasteiger partial charge is 0.329 e. The molecule has 0 saturated carbocycles. The van der Waals surface area contributed by atoms with Crippen LogP contribution in [0.1, 0.15) is 38.3 Å². The molecule has 1 unspecified atom stereocenters. The Morgan fingerprint density at radius 2 is 1.78 bits per heavy atom. The van der Waals surface area contributed by atoms with Crippen LogP contribution in [-0.4, -0.2) is 24.5 Å². The van der Waals surface area contributed by atoms with Crippen molar-refractivity contribution < 1.29 is 8.78 Å². The van der Waals surface area contributed by atoms with Gasteiger partial charge in [0.15, 0.2) is 0 Å². The van der Waals surface area contributed by atoms with Gasteiger partial charge in [-0.1, -0.05) is 13.8 Å². The van der Waals surface area contributed by atoms with Crippen LogP contribution in [0.4, 0.5) is 8.78 Å². The molecule has 4 heteroatoms. The molecule has 2 nitrogen and oxygen atoms in total. The Bertz CT molecular complexity index is 363. The van der Waals surface area contributed by atoms with Crippen molar-refractivity contribution in [2.45, 2.75) is 32.7 Å². The van der Waals surface area contributed by atoms with Gasteiger partial charge in [-0.3, -0.25) is 4.90 Å². The predicted molar refractivity (Wildman–Crippen MR) is 70.3 cm³/mol. The highest BCUT2D eigenvalue weighted by Crippen LogP contribution is 2.24. The molecule has 18 heavy (non-hydrogen) atoms. The summed E-state index contributed by atoms with van der Waals surface area (Å²) in [6.07, 6.45) is 1.93. The molecule has 0 aliphatic heterocycles. The average molecular weight is 256 g/mol. The van der Waals surface area contributed by atoms with Crippen LogP contribution in [0.3, 0.4) is 0 Å². The standard InChI is InChI=1S/C14H22F2N2/c1-3-7-18(8-4-2)14(10-17)12-9-11(15)5-6-13(12)16/h5-6,9,14H,3-4,7-8,10,17H2,1-2H3. The van der Waals surface area contributed by atoms with Crippen LogP contribution in [0.2, 0.25) is 0 Å². The van der Waals surface area contributed by atoms with Crippen molar-refractivity contribution in [3.05, 3.63) is 35.4 Å². The van der Waals surface area contributed by atoms with Crippen LogP contribution in [0.15, 0.2) is 18.2 Å². The van der Waals surface area contributed by atoms with E-state index in [1.54, 1.807) is 0 Å². The first-order chi connectivity index (χ1) is 8.63. The van der Waals surface area contributed by atoms with E-state index in [2.05, 4.69) is 18.7 Å². The zero-order valence-corrected chi connectivity index (χ0v) is 11.1. The lowest BCUT2D eigenvalue weighted by atomic mass is 10.0. The third-order valence-corrected chi connectivity index (χ3v) is 3.00. The van der Waals surface area contributed by atoms with E-state index >= 15 is 0 Å². The lowest BCUT2D eigenvalue weighted by molar-refractivity contribution is 0.198. The Labute approximate surface area is 108 Å². The molecule has 0 fully saturated rings. The highest BCUT2D eigenvalue weighted by molar-refractivity contribution is 5.23. The van der Waals surface area contributed by atoms with Gasteiger partial charge in [-0.25, -0.2) is 8.78 Å². The molecule has 0 spiro atoms. The van der Waals surface area contributed by atoms with Crippen LogP contribution in [0, 0.1) is 11.6 Å². The van der Waals surface area contributed by atoms with Crippen LogP contribution in [-0.2, 0) is 0 Å². The molecule has 0 amide bonds. The van der Waals surface area contributed by atoms with Crippen LogP contribution in [0.5, 0.6) is 0 Å². The summed E-state index contributed by atoms with van der Waals surface area (Å²) in [5.74, 6) is -0.804. The molecule has 0 saturated heterocycles. The first-order valence-electron chi connectivity index (χ1n) is 6.53. The number of rotatable bonds is 7. The van der Waals surface area contributed by atoms with Gasteiger partial charge in [0.25, 0.3) is 0 Å². The second-order valence-electron chi connectivity index (χ2n) is 4.45. The Balaban J connectivity index is 3.01. The quantitative estimate of drug-likeness (QED) is 0.812. The van der Waals surface area contributed by atoms with E-state index in [1.807, 2.05) is 0 Å². The Kier molecular flexibility index (Phi) is 6.22. The summed E-state index contributed by atoms with van der Waals surface area (Å²) in [6.45, 7) is 6.11. The van der Waals surface area contributed by atoms with E-state index in [0.29, 0.717) is 12.1 Å². The van der Waals surface area contributed by atoms with Crippen molar-refractivity contribution in [1.82, 2.24) is 4.90 Å². The second-order valence-corrected chi connectivity index (χ2v) is 4.45. The van der Waals surface area contributed by atoms with Gasteiger partial charge in [0.2, 0.25) is 0 Å². The lowest BCUT2D eigenvalue weighted by Crippen LogP contribution is -2.35. The molecule has 0 bridgehead atoms. The smallest absolute Gasteiger partial charge is 0.128 e. The van der Waals surface area contributed by atoms with E-state index in [-0.39, 0.29) is 11.9 Å². The van der Waals surface area contributed by atoms with E-state index < -0.39 is 5.82 Å². The number of hydrogen-bond donors (Lipinski definition) is 1. The molecule has 2 N–H and O–H groups in total. The molecule has 0 aliphatic carbocycles. The molecule has 0 aromatic heterocycles. The van der Waals surface area contributed by atoms with Gasteiger partial charge in [-0.15, -0.1) is 0 Å². The van der Waals surface area contributed by atoms with Gasteiger partial charge >= 0.3 is 0 Å². The maximum Gasteiger partial charge on any atom is 0.128 e. The summed E-state index contributed by atoms with van der Waals surface area (Å²) in [6, 6.07) is 3.31. The van der Waals surface area contributed by atoms with Crippen molar-refractivity contribution in [2.75, 3.05) is 19.6 Å². The summed E-state index contributed by atoms with van der Waals surface area (Å²) in [5.41, 5.74) is 6.11. The molecule has 1 rings (SSSR count). The third-order valence-electron chi connectivity index (χ3n) is 3.00. The summed E-state index contributed by atoms with van der Waals surface area (Å²) < 4.78 is 27.1. The topological polar surface area (TPSA) is 29.3 Å². The van der Waals surface area contributed by atoms with Crippen LogP contribution < -0.4 is 5.73 Å².